The number of benzene rings is 2. The Bertz CT molecular complexity index is 1090. The maximum Gasteiger partial charge on any atom is 0.408 e. The number of alkyl carbamates (subject to hydrolysis) is 1. The SMILES string of the molecule is COc1ccc(NC(=O)C(c2cccc(C)c2C)N(C)C(=O)C(CC(C)C)NC(=O)OC(C)(C)C)cc1. The number of ether oxygens (including phenoxy) is 2. The number of rotatable bonds is 9. The normalized spacial score (nSPS) is 12.9. The van der Waals surface area contributed by atoms with Crippen LogP contribution in [-0.2, 0) is 14.3 Å². The van der Waals surface area contributed by atoms with Gasteiger partial charge in [-0.25, -0.2) is 4.79 Å². The summed E-state index contributed by atoms with van der Waals surface area (Å²) < 4.78 is 10.6. The van der Waals surface area contributed by atoms with Gasteiger partial charge in [-0.3, -0.25) is 9.59 Å². The minimum absolute atomic E-state index is 0.115. The summed E-state index contributed by atoms with van der Waals surface area (Å²) in [6, 6.07) is 10.9. The molecule has 2 atom stereocenters. The summed E-state index contributed by atoms with van der Waals surface area (Å²) in [6.45, 7) is 13.1. The highest BCUT2D eigenvalue weighted by molar-refractivity contribution is 5.99. The first-order valence-electron chi connectivity index (χ1n) is 12.5. The van der Waals surface area contributed by atoms with E-state index in [2.05, 4.69) is 10.6 Å². The molecule has 2 aromatic rings. The molecule has 2 unspecified atom stereocenters. The molecule has 2 rings (SSSR count). The Morgan fingerprint density at radius 1 is 1.00 bits per heavy atom. The number of hydrogen-bond acceptors (Lipinski definition) is 5. The molecule has 0 fully saturated rings. The first-order valence-corrected chi connectivity index (χ1v) is 12.5. The van der Waals surface area contributed by atoms with E-state index in [0.29, 0.717) is 23.4 Å². The van der Waals surface area contributed by atoms with Gasteiger partial charge in [0.2, 0.25) is 5.91 Å². The Labute approximate surface area is 220 Å². The molecule has 0 aliphatic carbocycles. The third-order valence-corrected chi connectivity index (χ3v) is 5.98. The van der Waals surface area contributed by atoms with Gasteiger partial charge in [-0.05, 0) is 87.9 Å². The van der Waals surface area contributed by atoms with Gasteiger partial charge in [0.05, 0.1) is 7.11 Å². The van der Waals surface area contributed by atoms with Gasteiger partial charge in [-0.1, -0.05) is 32.0 Å². The van der Waals surface area contributed by atoms with E-state index < -0.39 is 23.8 Å². The number of amides is 3. The first kappa shape index (κ1) is 29.7. The van der Waals surface area contributed by atoms with Gasteiger partial charge >= 0.3 is 6.09 Å². The van der Waals surface area contributed by atoms with Crippen LogP contribution in [-0.4, -0.2) is 48.6 Å². The van der Waals surface area contributed by atoms with Gasteiger partial charge in [0, 0.05) is 12.7 Å². The molecule has 0 aromatic heterocycles. The van der Waals surface area contributed by atoms with Crippen LogP contribution in [0.2, 0.25) is 0 Å². The van der Waals surface area contributed by atoms with Gasteiger partial charge in [-0.2, -0.15) is 0 Å². The third-order valence-electron chi connectivity index (χ3n) is 5.98. The summed E-state index contributed by atoms with van der Waals surface area (Å²) in [5.41, 5.74) is 2.50. The number of methoxy groups -OCH3 is 1. The molecule has 0 radical (unpaired) electrons. The Morgan fingerprint density at radius 3 is 2.16 bits per heavy atom. The van der Waals surface area contributed by atoms with Crippen molar-refractivity contribution in [2.75, 3.05) is 19.5 Å². The second kappa shape index (κ2) is 12.6. The summed E-state index contributed by atoms with van der Waals surface area (Å²) in [6.07, 6.45) is -0.284. The van der Waals surface area contributed by atoms with Crippen molar-refractivity contribution >= 4 is 23.6 Å². The molecule has 3 amide bonds. The van der Waals surface area contributed by atoms with Crippen LogP contribution >= 0.6 is 0 Å². The maximum atomic E-state index is 13.8. The van der Waals surface area contributed by atoms with Crippen LogP contribution in [0.4, 0.5) is 10.5 Å². The van der Waals surface area contributed by atoms with Gasteiger partial charge in [-0.15, -0.1) is 0 Å². The van der Waals surface area contributed by atoms with E-state index in [-0.39, 0.29) is 17.7 Å². The smallest absolute Gasteiger partial charge is 0.408 e. The summed E-state index contributed by atoms with van der Waals surface area (Å²) in [5.74, 6) is 0.0383. The number of nitrogens with zero attached hydrogens (tertiary/aromatic N) is 1. The Morgan fingerprint density at radius 2 is 1.62 bits per heavy atom. The lowest BCUT2D eigenvalue weighted by molar-refractivity contribution is -0.139. The molecule has 0 aliphatic rings. The molecule has 0 heterocycles. The lowest BCUT2D eigenvalue weighted by Gasteiger charge is -2.33. The second-order valence-corrected chi connectivity index (χ2v) is 10.7. The molecule has 2 aromatic carbocycles. The van der Waals surface area contributed by atoms with E-state index in [1.807, 2.05) is 45.9 Å². The second-order valence-electron chi connectivity index (χ2n) is 10.7. The van der Waals surface area contributed by atoms with E-state index in [1.54, 1.807) is 59.2 Å². The number of anilines is 1. The highest BCUT2D eigenvalue weighted by Crippen LogP contribution is 2.28. The molecule has 0 saturated carbocycles. The highest BCUT2D eigenvalue weighted by atomic mass is 16.6. The molecule has 8 heteroatoms. The van der Waals surface area contributed by atoms with Crippen LogP contribution in [0.1, 0.15) is 63.8 Å². The monoisotopic (exact) mass is 511 g/mol. The van der Waals surface area contributed by atoms with Crippen LogP contribution in [0, 0.1) is 19.8 Å². The summed E-state index contributed by atoms with van der Waals surface area (Å²) >= 11 is 0. The zero-order chi connectivity index (χ0) is 27.9. The number of carbonyl (C=O) groups excluding carboxylic acids is 3. The maximum absolute atomic E-state index is 13.8. The number of carbonyl (C=O) groups is 3. The van der Waals surface area contributed by atoms with Gasteiger partial charge in [0.25, 0.3) is 5.91 Å². The molecule has 202 valence electrons. The zero-order valence-corrected chi connectivity index (χ0v) is 23.5. The molecule has 0 saturated heterocycles. The summed E-state index contributed by atoms with van der Waals surface area (Å²) in [7, 11) is 3.16. The minimum atomic E-state index is -0.926. The van der Waals surface area contributed by atoms with Crippen molar-refractivity contribution in [1.82, 2.24) is 10.2 Å². The van der Waals surface area contributed by atoms with E-state index in [1.165, 1.54) is 4.90 Å². The molecule has 8 nitrogen and oxygen atoms in total. The van der Waals surface area contributed by atoms with Crippen LogP contribution < -0.4 is 15.4 Å². The quantitative estimate of drug-likeness (QED) is 0.471. The average Bonchev–Trinajstić information content (AvgIpc) is 2.80. The Hall–Kier alpha value is -3.55. The summed E-state index contributed by atoms with van der Waals surface area (Å²) in [4.78, 5) is 41.4. The van der Waals surface area contributed by atoms with E-state index in [4.69, 9.17) is 9.47 Å². The van der Waals surface area contributed by atoms with Crippen molar-refractivity contribution in [1.29, 1.82) is 0 Å². The fraction of sp³-hybridized carbons (Fsp3) is 0.483. The van der Waals surface area contributed by atoms with Crippen molar-refractivity contribution < 1.29 is 23.9 Å². The van der Waals surface area contributed by atoms with Crippen molar-refractivity contribution in [3.8, 4) is 5.75 Å². The average molecular weight is 512 g/mol. The fourth-order valence-electron chi connectivity index (χ4n) is 4.00. The predicted octanol–water partition coefficient (Wildman–Crippen LogP) is 5.39. The van der Waals surface area contributed by atoms with Crippen LogP contribution in [0.25, 0.3) is 0 Å². The molecule has 2 N–H and O–H groups in total. The molecular formula is C29H41N3O5. The molecular weight excluding hydrogens is 470 g/mol. The number of nitrogens with one attached hydrogen (secondary N) is 2. The van der Waals surface area contributed by atoms with Crippen LogP contribution in [0.3, 0.4) is 0 Å². The molecule has 0 bridgehead atoms. The van der Waals surface area contributed by atoms with Gasteiger partial charge in [0.1, 0.15) is 23.4 Å². The van der Waals surface area contributed by atoms with E-state index in [0.717, 1.165) is 11.1 Å². The van der Waals surface area contributed by atoms with Crippen LogP contribution in [0.5, 0.6) is 5.75 Å². The zero-order valence-electron chi connectivity index (χ0n) is 23.5. The van der Waals surface area contributed by atoms with Gasteiger partial charge in [0.15, 0.2) is 0 Å². The molecule has 0 spiro atoms. The highest BCUT2D eigenvalue weighted by Gasteiger charge is 2.35. The van der Waals surface area contributed by atoms with Crippen molar-refractivity contribution in [2.24, 2.45) is 5.92 Å². The Kier molecular flexibility index (Phi) is 10.1. The minimum Gasteiger partial charge on any atom is -0.497 e. The largest absolute Gasteiger partial charge is 0.497 e. The van der Waals surface area contributed by atoms with Crippen molar-refractivity contribution in [3.05, 3.63) is 59.2 Å². The number of likely N-dealkylation sites (N-methyl/N-ethyl adjacent to an activating group) is 1. The molecule has 37 heavy (non-hydrogen) atoms. The van der Waals surface area contributed by atoms with E-state index >= 15 is 0 Å². The number of aryl methyl sites for hydroxylation is 1. The summed E-state index contributed by atoms with van der Waals surface area (Å²) in [5, 5.41) is 5.65. The molecule has 0 aliphatic heterocycles. The van der Waals surface area contributed by atoms with Crippen LogP contribution in [0.15, 0.2) is 42.5 Å². The lowest BCUT2D eigenvalue weighted by Crippen LogP contribution is -2.51. The standard InChI is InChI=1S/C29H41N3O5/c1-18(2)17-24(31-28(35)37-29(5,6)7)27(34)32(8)25(23-12-10-11-19(3)20(23)4)26(33)30-21-13-15-22(36-9)16-14-21/h10-16,18,24-25H,17H2,1-9H3,(H,30,33)(H,31,35). The third kappa shape index (κ3) is 8.51. The predicted molar refractivity (Wildman–Crippen MR) is 146 cm³/mol. The fourth-order valence-corrected chi connectivity index (χ4v) is 4.00. The van der Waals surface area contributed by atoms with Crippen molar-refractivity contribution in [2.45, 2.75) is 72.6 Å². The Balaban J connectivity index is 2.43. The van der Waals surface area contributed by atoms with E-state index in [9.17, 15) is 14.4 Å². The lowest BCUT2D eigenvalue weighted by atomic mass is 9.94. The number of hydrogen-bond donors (Lipinski definition) is 2. The van der Waals surface area contributed by atoms with Crippen molar-refractivity contribution in [3.63, 3.8) is 0 Å². The topological polar surface area (TPSA) is 97.0 Å². The van der Waals surface area contributed by atoms with Gasteiger partial charge < -0.3 is 25.0 Å². The first-order chi connectivity index (χ1) is 17.2.